The van der Waals surface area contributed by atoms with Crippen molar-refractivity contribution >= 4 is 33.6 Å². The van der Waals surface area contributed by atoms with Crippen molar-refractivity contribution in [1.82, 2.24) is 4.90 Å². The maximum atomic E-state index is 12.7. The number of benzene rings is 2. The minimum absolute atomic E-state index is 0.0772. The van der Waals surface area contributed by atoms with Crippen LogP contribution in [-0.4, -0.2) is 30.2 Å². The molecule has 23 heavy (non-hydrogen) atoms. The molecule has 3 nitrogen and oxygen atoms in total. The van der Waals surface area contributed by atoms with E-state index in [0.717, 1.165) is 33.6 Å². The van der Waals surface area contributed by atoms with Gasteiger partial charge in [0.15, 0.2) is 0 Å². The molecule has 1 aliphatic heterocycles. The molecular formula is C18H18BrNO2S. The molecule has 1 unspecified atom stereocenters. The lowest BCUT2D eigenvalue weighted by atomic mass is 10.1. The monoisotopic (exact) mass is 391 g/mol. The van der Waals surface area contributed by atoms with Crippen molar-refractivity contribution in [2.75, 3.05) is 19.4 Å². The van der Waals surface area contributed by atoms with Crippen LogP contribution < -0.4 is 4.74 Å². The first-order chi connectivity index (χ1) is 11.2. The molecule has 1 saturated heterocycles. The maximum absolute atomic E-state index is 12.7. The molecule has 1 heterocycles. The summed E-state index contributed by atoms with van der Waals surface area (Å²) in [5, 5.41) is 0.0772. The van der Waals surface area contributed by atoms with Gasteiger partial charge in [-0.2, -0.15) is 0 Å². The van der Waals surface area contributed by atoms with E-state index in [2.05, 4.69) is 15.9 Å². The van der Waals surface area contributed by atoms with Crippen LogP contribution in [-0.2, 0) is 11.2 Å². The first kappa shape index (κ1) is 16.4. The highest BCUT2D eigenvalue weighted by molar-refractivity contribution is 9.10. The van der Waals surface area contributed by atoms with Gasteiger partial charge >= 0.3 is 0 Å². The van der Waals surface area contributed by atoms with Crippen LogP contribution in [0.25, 0.3) is 0 Å². The zero-order valence-electron chi connectivity index (χ0n) is 12.9. The Kier molecular flexibility index (Phi) is 5.28. The average Bonchev–Trinajstić information content (AvgIpc) is 3.05. The van der Waals surface area contributed by atoms with Gasteiger partial charge in [0.25, 0.3) is 0 Å². The number of carbonyl (C=O) groups excluding carboxylic acids is 1. The predicted molar refractivity (Wildman–Crippen MR) is 97.8 cm³/mol. The van der Waals surface area contributed by atoms with Crippen LogP contribution in [0, 0.1) is 0 Å². The smallest absolute Gasteiger partial charge is 0.228 e. The lowest BCUT2D eigenvalue weighted by Crippen LogP contribution is -2.31. The lowest BCUT2D eigenvalue weighted by Gasteiger charge is -2.24. The van der Waals surface area contributed by atoms with E-state index in [4.69, 9.17) is 4.74 Å². The van der Waals surface area contributed by atoms with Crippen molar-refractivity contribution < 1.29 is 9.53 Å². The summed E-state index contributed by atoms with van der Waals surface area (Å²) in [7, 11) is 1.65. The van der Waals surface area contributed by atoms with E-state index in [1.54, 1.807) is 7.11 Å². The molecular weight excluding hydrogens is 374 g/mol. The molecule has 0 radical (unpaired) electrons. The van der Waals surface area contributed by atoms with Gasteiger partial charge < -0.3 is 9.64 Å². The highest BCUT2D eigenvalue weighted by Gasteiger charge is 2.30. The number of amides is 1. The topological polar surface area (TPSA) is 29.5 Å². The fourth-order valence-corrected chi connectivity index (χ4v) is 4.54. The standard InChI is InChI=1S/C18H18BrNO2S/c1-22-16-8-7-14(12-15(16)19)18-20(9-10-23-18)17(21)11-13-5-3-2-4-6-13/h2-8,12,18H,9-11H2,1H3. The van der Waals surface area contributed by atoms with E-state index in [9.17, 15) is 4.79 Å². The van der Waals surface area contributed by atoms with E-state index in [0.29, 0.717) is 6.42 Å². The normalized spacial score (nSPS) is 17.3. The fraction of sp³-hybridized carbons (Fsp3) is 0.278. The molecule has 120 valence electrons. The molecule has 2 aromatic carbocycles. The largest absolute Gasteiger partial charge is 0.496 e. The maximum Gasteiger partial charge on any atom is 0.228 e. The van der Waals surface area contributed by atoms with Gasteiger partial charge in [0.1, 0.15) is 11.1 Å². The van der Waals surface area contributed by atoms with Crippen LogP contribution in [0.2, 0.25) is 0 Å². The minimum atomic E-state index is 0.0772. The van der Waals surface area contributed by atoms with Crippen molar-refractivity contribution in [3.05, 3.63) is 64.1 Å². The van der Waals surface area contributed by atoms with Crippen LogP contribution in [0.1, 0.15) is 16.5 Å². The SMILES string of the molecule is COc1ccc(C2SCCN2C(=O)Cc2ccccc2)cc1Br. The van der Waals surface area contributed by atoms with Crippen molar-refractivity contribution in [3.63, 3.8) is 0 Å². The van der Waals surface area contributed by atoms with Crippen LogP contribution >= 0.6 is 27.7 Å². The second kappa shape index (κ2) is 7.41. The molecule has 1 amide bonds. The number of carbonyl (C=O) groups is 1. The number of methoxy groups -OCH3 is 1. The molecule has 0 saturated carbocycles. The van der Waals surface area contributed by atoms with Crippen molar-refractivity contribution in [1.29, 1.82) is 0 Å². The number of nitrogens with zero attached hydrogens (tertiary/aromatic N) is 1. The van der Waals surface area contributed by atoms with Gasteiger partial charge in [-0.05, 0) is 39.2 Å². The Bertz CT molecular complexity index is 693. The van der Waals surface area contributed by atoms with E-state index in [1.807, 2.05) is 65.2 Å². The van der Waals surface area contributed by atoms with E-state index in [-0.39, 0.29) is 11.3 Å². The molecule has 0 bridgehead atoms. The molecule has 0 N–H and O–H groups in total. The molecule has 1 aliphatic rings. The highest BCUT2D eigenvalue weighted by Crippen LogP contribution is 2.40. The summed E-state index contributed by atoms with van der Waals surface area (Å²) >= 11 is 5.34. The molecule has 1 fully saturated rings. The summed E-state index contributed by atoms with van der Waals surface area (Å²) in [6, 6.07) is 15.9. The predicted octanol–water partition coefficient (Wildman–Crippen LogP) is 4.27. The molecule has 2 aromatic rings. The molecule has 1 atom stereocenters. The highest BCUT2D eigenvalue weighted by atomic mass is 79.9. The van der Waals surface area contributed by atoms with Gasteiger partial charge in [0, 0.05) is 12.3 Å². The summed E-state index contributed by atoms with van der Waals surface area (Å²) in [6.45, 7) is 0.796. The Labute approximate surface area is 149 Å². The first-order valence-electron chi connectivity index (χ1n) is 7.47. The second-order valence-electron chi connectivity index (χ2n) is 5.37. The van der Waals surface area contributed by atoms with Crippen LogP contribution in [0.5, 0.6) is 5.75 Å². The Morgan fingerprint density at radius 3 is 2.78 bits per heavy atom. The number of thioether (sulfide) groups is 1. The van der Waals surface area contributed by atoms with Gasteiger partial charge in [-0.3, -0.25) is 4.79 Å². The van der Waals surface area contributed by atoms with E-state index < -0.39 is 0 Å². The number of rotatable bonds is 4. The Balaban J connectivity index is 1.77. The van der Waals surface area contributed by atoms with Gasteiger partial charge in [-0.15, -0.1) is 11.8 Å². The van der Waals surface area contributed by atoms with Gasteiger partial charge in [-0.1, -0.05) is 36.4 Å². The fourth-order valence-electron chi connectivity index (χ4n) is 2.71. The summed E-state index contributed by atoms with van der Waals surface area (Å²) in [5.74, 6) is 1.95. The quantitative estimate of drug-likeness (QED) is 0.778. The Morgan fingerprint density at radius 2 is 2.09 bits per heavy atom. The molecule has 5 heteroatoms. The van der Waals surface area contributed by atoms with E-state index in [1.165, 1.54) is 0 Å². The molecule has 0 aliphatic carbocycles. The Morgan fingerprint density at radius 1 is 1.30 bits per heavy atom. The van der Waals surface area contributed by atoms with Crippen molar-refractivity contribution in [2.24, 2.45) is 0 Å². The van der Waals surface area contributed by atoms with Crippen LogP contribution in [0.4, 0.5) is 0 Å². The first-order valence-corrected chi connectivity index (χ1v) is 9.31. The lowest BCUT2D eigenvalue weighted by molar-refractivity contribution is -0.130. The average molecular weight is 392 g/mol. The summed E-state index contributed by atoms with van der Waals surface area (Å²) in [6.07, 6.45) is 0.454. The molecule has 0 aromatic heterocycles. The summed E-state index contributed by atoms with van der Waals surface area (Å²) < 4.78 is 6.20. The molecule has 0 spiro atoms. The van der Waals surface area contributed by atoms with E-state index >= 15 is 0 Å². The third-order valence-corrected chi connectivity index (χ3v) is 5.75. The zero-order valence-corrected chi connectivity index (χ0v) is 15.3. The number of ether oxygens (including phenoxy) is 1. The minimum Gasteiger partial charge on any atom is -0.496 e. The summed E-state index contributed by atoms with van der Waals surface area (Å²) in [5.41, 5.74) is 2.19. The number of hydrogen-bond donors (Lipinski definition) is 0. The Hall–Kier alpha value is -1.46. The van der Waals surface area contributed by atoms with Gasteiger partial charge in [-0.25, -0.2) is 0 Å². The second-order valence-corrected chi connectivity index (χ2v) is 7.41. The number of halogens is 1. The van der Waals surface area contributed by atoms with Crippen LogP contribution in [0.3, 0.4) is 0 Å². The zero-order chi connectivity index (χ0) is 16.2. The summed E-state index contributed by atoms with van der Waals surface area (Å²) in [4.78, 5) is 14.7. The third-order valence-electron chi connectivity index (χ3n) is 3.87. The van der Waals surface area contributed by atoms with Gasteiger partial charge in [0.2, 0.25) is 5.91 Å². The van der Waals surface area contributed by atoms with Crippen molar-refractivity contribution in [2.45, 2.75) is 11.8 Å². The van der Waals surface area contributed by atoms with Crippen LogP contribution in [0.15, 0.2) is 53.0 Å². The number of hydrogen-bond acceptors (Lipinski definition) is 3. The van der Waals surface area contributed by atoms with Gasteiger partial charge in [0.05, 0.1) is 18.0 Å². The molecule has 3 rings (SSSR count). The van der Waals surface area contributed by atoms with Crippen molar-refractivity contribution in [3.8, 4) is 5.75 Å². The third kappa shape index (κ3) is 3.72.